The van der Waals surface area contributed by atoms with Crippen LogP contribution in [0.5, 0.6) is 0 Å². The van der Waals surface area contributed by atoms with Crippen LogP contribution in [0.1, 0.15) is 20.8 Å². The van der Waals surface area contributed by atoms with Gasteiger partial charge in [0.05, 0.1) is 23.5 Å². The molecule has 0 aromatic carbocycles. The molecule has 0 fully saturated rings. The van der Waals surface area contributed by atoms with Crippen LogP contribution < -0.4 is 5.32 Å². The van der Waals surface area contributed by atoms with Crippen LogP contribution in [0.4, 0.5) is 5.69 Å². The molecule has 0 aliphatic heterocycles. The van der Waals surface area contributed by atoms with Crippen LogP contribution in [0.25, 0.3) is 0 Å². The summed E-state index contributed by atoms with van der Waals surface area (Å²) in [7, 11) is 0. The van der Waals surface area contributed by atoms with E-state index in [1.54, 1.807) is 20.0 Å². The molecule has 0 spiro atoms. The lowest BCUT2D eigenvalue weighted by atomic mass is 10.0. The predicted molar refractivity (Wildman–Crippen MR) is 61.3 cm³/mol. The first-order valence-corrected chi connectivity index (χ1v) is 5.29. The Balaban J connectivity index is 2.65. The first kappa shape index (κ1) is 11.5. The molecule has 1 aromatic rings. The summed E-state index contributed by atoms with van der Waals surface area (Å²) < 4.78 is 0.805. The summed E-state index contributed by atoms with van der Waals surface area (Å²) in [6.07, 6.45) is 1.73. The zero-order valence-electron chi connectivity index (χ0n) is 8.58. The molecule has 78 valence electrons. The van der Waals surface area contributed by atoms with Gasteiger partial charge in [-0.05, 0) is 48.8 Å². The van der Waals surface area contributed by atoms with Crippen molar-refractivity contribution in [2.45, 2.75) is 32.4 Å². The van der Waals surface area contributed by atoms with Crippen molar-refractivity contribution in [2.24, 2.45) is 0 Å². The van der Waals surface area contributed by atoms with Gasteiger partial charge in [-0.25, -0.2) is 4.98 Å². The molecule has 0 aliphatic carbocycles. The van der Waals surface area contributed by atoms with Crippen molar-refractivity contribution in [3.8, 4) is 0 Å². The summed E-state index contributed by atoms with van der Waals surface area (Å²) >= 11 is 3.26. The fourth-order valence-corrected chi connectivity index (χ4v) is 1.12. The Kier molecular flexibility index (Phi) is 3.50. The van der Waals surface area contributed by atoms with Gasteiger partial charge in [0.1, 0.15) is 4.60 Å². The number of nitrogens with zero attached hydrogens (tertiary/aromatic N) is 1. The van der Waals surface area contributed by atoms with Gasteiger partial charge in [0.25, 0.3) is 0 Å². The molecule has 1 aromatic heterocycles. The second kappa shape index (κ2) is 4.28. The Morgan fingerprint density at radius 1 is 1.50 bits per heavy atom. The molecule has 14 heavy (non-hydrogen) atoms. The highest BCUT2D eigenvalue weighted by atomic mass is 79.9. The van der Waals surface area contributed by atoms with Crippen LogP contribution in [-0.4, -0.2) is 21.7 Å². The monoisotopic (exact) mass is 258 g/mol. The van der Waals surface area contributed by atoms with E-state index in [9.17, 15) is 5.11 Å². The third kappa shape index (κ3) is 3.27. The molecule has 1 rings (SSSR count). The Morgan fingerprint density at radius 2 is 2.14 bits per heavy atom. The highest BCUT2D eigenvalue weighted by molar-refractivity contribution is 9.10. The number of rotatable bonds is 3. The topological polar surface area (TPSA) is 45.2 Å². The zero-order chi connectivity index (χ0) is 10.8. The standard InChI is InChI=1S/C10H15BrN2O/c1-7(10(2,3)14)13-8-4-5-9(11)12-6-8/h4-7,13-14H,1-3H3. The van der Waals surface area contributed by atoms with Crippen molar-refractivity contribution in [2.75, 3.05) is 5.32 Å². The van der Waals surface area contributed by atoms with Gasteiger partial charge in [0.2, 0.25) is 0 Å². The largest absolute Gasteiger partial charge is 0.388 e. The summed E-state index contributed by atoms with van der Waals surface area (Å²) in [6, 6.07) is 3.75. The van der Waals surface area contributed by atoms with Crippen LogP contribution in [0.2, 0.25) is 0 Å². The van der Waals surface area contributed by atoms with Gasteiger partial charge in [0, 0.05) is 0 Å². The van der Waals surface area contributed by atoms with E-state index in [0.717, 1.165) is 10.3 Å². The predicted octanol–water partition coefficient (Wildman–Crippen LogP) is 2.42. The second-order valence-corrected chi connectivity index (χ2v) is 4.70. The first-order valence-electron chi connectivity index (χ1n) is 4.50. The van der Waals surface area contributed by atoms with Gasteiger partial charge in [0.15, 0.2) is 0 Å². The van der Waals surface area contributed by atoms with Crippen molar-refractivity contribution in [3.63, 3.8) is 0 Å². The second-order valence-electron chi connectivity index (χ2n) is 3.89. The van der Waals surface area contributed by atoms with Gasteiger partial charge in [-0.15, -0.1) is 0 Å². The van der Waals surface area contributed by atoms with Crippen LogP contribution in [0, 0.1) is 0 Å². The molecule has 1 heterocycles. The zero-order valence-corrected chi connectivity index (χ0v) is 10.2. The maximum atomic E-state index is 9.71. The minimum Gasteiger partial charge on any atom is -0.388 e. The molecule has 4 heteroatoms. The molecule has 0 bridgehead atoms. The summed E-state index contributed by atoms with van der Waals surface area (Å²) in [5, 5.41) is 12.9. The van der Waals surface area contributed by atoms with Gasteiger partial charge < -0.3 is 10.4 Å². The number of anilines is 1. The van der Waals surface area contributed by atoms with E-state index in [1.807, 2.05) is 19.1 Å². The van der Waals surface area contributed by atoms with Crippen molar-refractivity contribution >= 4 is 21.6 Å². The number of hydrogen-bond donors (Lipinski definition) is 2. The average Bonchev–Trinajstić information content (AvgIpc) is 2.07. The summed E-state index contributed by atoms with van der Waals surface area (Å²) in [4.78, 5) is 4.09. The van der Waals surface area contributed by atoms with Crippen molar-refractivity contribution in [1.29, 1.82) is 0 Å². The normalized spacial score (nSPS) is 13.8. The number of aliphatic hydroxyl groups is 1. The third-order valence-corrected chi connectivity index (χ3v) is 2.64. The van der Waals surface area contributed by atoms with E-state index >= 15 is 0 Å². The maximum Gasteiger partial charge on any atom is 0.106 e. The molecule has 0 aliphatic rings. The summed E-state index contributed by atoms with van der Waals surface area (Å²) in [5.41, 5.74) is 0.162. The van der Waals surface area contributed by atoms with Crippen LogP contribution >= 0.6 is 15.9 Å². The smallest absolute Gasteiger partial charge is 0.106 e. The van der Waals surface area contributed by atoms with E-state index in [4.69, 9.17) is 0 Å². The fourth-order valence-electron chi connectivity index (χ4n) is 0.888. The molecule has 1 atom stereocenters. The molecule has 0 saturated carbocycles. The van der Waals surface area contributed by atoms with E-state index in [1.165, 1.54) is 0 Å². The van der Waals surface area contributed by atoms with Gasteiger partial charge in [-0.3, -0.25) is 0 Å². The number of aromatic nitrogens is 1. The van der Waals surface area contributed by atoms with E-state index < -0.39 is 5.60 Å². The van der Waals surface area contributed by atoms with Crippen LogP contribution in [0.3, 0.4) is 0 Å². The number of hydrogen-bond acceptors (Lipinski definition) is 3. The molecule has 2 N–H and O–H groups in total. The minimum atomic E-state index is -0.743. The van der Waals surface area contributed by atoms with Crippen LogP contribution in [0.15, 0.2) is 22.9 Å². The highest BCUT2D eigenvalue weighted by Gasteiger charge is 2.21. The Morgan fingerprint density at radius 3 is 2.57 bits per heavy atom. The number of nitrogens with one attached hydrogen (secondary N) is 1. The molecular formula is C10H15BrN2O. The average molecular weight is 259 g/mol. The van der Waals surface area contributed by atoms with E-state index in [2.05, 4.69) is 26.2 Å². The summed E-state index contributed by atoms with van der Waals surface area (Å²) in [5.74, 6) is 0. The lowest BCUT2D eigenvalue weighted by molar-refractivity contribution is 0.0649. The van der Waals surface area contributed by atoms with Gasteiger partial charge in [-0.2, -0.15) is 0 Å². The molecular weight excluding hydrogens is 244 g/mol. The van der Waals surface area contributed by atoms with Gasteiger partial charge >= 0.3 is 0 Å². The van der Waals surface area contributed by atoms with E-state index in [0.29, 0.717) is 0 Å². The van der Waals surface area contributed by atoms with Crippen molar-refractivity contribution in [1.82, 2.24) is 4.98 Å². The Bertz CT molecular complexity index is 292. The van der Waals surface area contributed by atoms with E-state index in [-0.39, 0.29) is 6.04 Å². The Labute approximate surface area is 92.7 Å². The van der Waals surface area contributed by atoms with Crippen molar-refractivity contribution < 1.29 is 5.11 Å². The first-order chi connectivity index (χ1) is 6.39. The lowest BCUT2D eigenvalue weighted by Gasteiger charge is -2.27. The Hall–Kier alpha value is -0.610. The van der Waals surface area contributed by atoms with Crippen molar-refractivity contribution in [3.05, 3.63) is 22.9 Å². The molecule has 0 amide bonds. The maximum absolute atomic E-state index is 9.71. The van der Waals surface area contributed by atoms with Gasteiger partial charge in [-0.1, -0.05) is 0 Å². The lowest BCUT2D eigenvalue weighted by Crippen LogP contribution is -2.39. The minimum absolute atomic E-state index is 0.0227. The highest BCUT2D eigenvalue weighted by Crippen LogP contribution is 2.16. The summed E-state index contributed by atoms with van der Waals surface area (Å²) in [6.45, 7) is 5.48. The number of pyridine rings is 1. The number of halogens is 1. The quantitative estimate of drug-likeness (QED) is 0.819. The van der Waals surface area contributed by atoms with Crippen LogP contribution in [-0.2, 0) is 0 Å². The molecule has 3 nitrogen and oxygen atoms in total. The molecule has 0 radical (unpaired) electrons. The SMILES string of the molecule is CC(Nc1ccc(Br)nc1)C(C)(C)O. The molecule has 0 saturated heterocycles. The fraction of sp³-hybridized carbons (Fsp3) is 0.500. The molecule has 1 unspecified atom stereocenters. The third-order valence-electron chi connectivity index (χ3n) is 2.17.